The zero-order valence-electron chi connectivity index (χ0n) is 21.0. The first kappa shape index (κ1) is 26.5. The lowest BCUT2D eigenvalue weighted by Gasteiger charge is -2.35. The van der Waals surface area contributed by atoms with Gasteiger partial charge in [0, 0.05) is 36.0 Å². The zero-order valence-corrected chi connectivity index (χ0v) is 21.8. The number of benzene rings is 1. The van der Waals surface area contributed by atoms with E-state index in [4.69, 9.17) is 4.52 Å². The van der Waals surface area contributed by atoms with Crippen molar-refractivity contribution in [1.82, 2.24) is 20.1 Å². The summed E-state index contributed by atoms with van der Waals surface area (Å²) in [5.74, 6) is -0.110. The van der Waals surface area contributed by atoms with E-state index in [0.717, 1.165) is 34.6 Å². The summed E-state index contributed by atoms with van der Waals surface area (Å²) in [6, 6.07) is 7.68. The SMILES string of the molecule is Cc1nc(-c2ccc3ccnc(N[C@H]4C[C@@H](C(=O)Nc5nc(C)c(C(=O)O[C@H](C)C(F)(F)F)s5)C4)c3c2)no1. The minimum Gasteiger partial charge on any atom is -0.449 e. The van der Waals surface area contributed by atoms with E-state index in [2.05, 4.69) is 35.5 Å². The van der Waals surface area contributed by atoms with Crippen LogP contribution < -0.4 is 10.6 Å². The van der Waals surface area contributed by atoms with Gasteiger partial charge in [0.1, 0.15) is 10.7 Å². The number of anilines is 2. The van der Waals surface area contributed by atoms with Crippen LogP contribution in [0.25, 0.3) is 22.2 Å². The molecule has 1 amide bonds. The molecule has 204 valence electrons. The molecule has 39 heavy (non-hydrogen) atoms. The number of hydrogen-bond acceptors (Lipinski definition) is 10. The minimum absolute atomic E-state index is 0.00218. The van der Waals surface area contributed by atoms with Gasteiger partial charge in [-0.2, -0.15) is 18.2 Å². The number of aryl methyl sites for hydroxylation is 2. The van der Waals surface area contributed by atoms with Gasteiger partial charge < -0.3 is 19.9 Å². The fourth-order valence-electron chi connectivity index (χ4n) is 4.11. The maximum Gasteiger partial charge on any atom is 0.425 e. The van der Waals surface area contributed by atoms with Gasteiger partial charge in [0.2, 0.25) is 17.6 Å². The van der Waals surface area contributed by atoms with E-state index in [1.165, 1.54) is 6.92 Å². The molecule has 1 aromatic carbocycles. The first-order chi connectivity index (χ1) is 18.5. The lowest BCUT2D eigenvalue weighted by atomic mass is 9.79. The Kier molecular flexibility index (Phi) is 6.97. The topological polar surface area (TPSA) is 132 Å². The van der Waals surface area contributed by atoms with Crippen LogP contribution in [0.5, 0.6) is 0 Å². The van der Waals surface area contributed by atoms with Crippen LogP contribution in [0.2, 0.25) is 0 Å². The first-order valence-corrected chi connectivity index (χ1v) is 12.8. The van der Waals surface area contributed by atoms with E-state index in [0.29, 0.717) is 30.4 Å². The summed E-state index contributed by atoms with van der Waals surface area (Å²) in [6.07, 6.45) is -4.15. The third kappa shape index (κ3) is 5.70. The lowest BCUT2D eigenvalue weighted by Crippen LogP contribution is -2.42. The highest BCUT2D eigenvalue weighted by atomic mass is 32.1. The average Bonchev–Trinajstić information content (AvgIpc) is 3.45. The van der Waals surface area contributed by atoms with E-state index in [-0.39, 0.29) is 33.6 Å². The molecule has 0 unspecified atom stereocenters. The summed E-state index contributed by atoms with van der Waals surface area (Å²) < 4.78 is 47.7. The van der Waals surface area contributed by atoms with Gasteiger partial charge in [0.15, 0.2) is 11.2 Å². The molecule has 0 saturated heterocycles. The fourth-order valence-corrected chi connectivity index (χ4v) is 4.96. The Labute approximate surface area is 224 Å². The van der Waals surface area contributed by atoms with Crippen molar-refractivity contribution in [1.29, 1.82) is 0 Å². The second-order valence-corrected chi connectivity index (χ2v) is 10.3. The van der Waals surface area contributed by atoms with Crippen molar-refractivity contribution in [3.8, 4) is 11.4 Å². The lowest BCUT2D eigenvalue weighted by molar-refractivity contribution is -0.198. The molecule has 4 aromatic rings. The number of halogens is 3. The highest BCUT2D eigenvalue weighted by Crippen LogP contribution is 2.35. The van der Waals surface area contributed by atoms with Gasteiger partial charge in [0.05, 0.1) is 5.69 Å². The Balaban J connectivity index is 1.19. The predicted octanol–water partition coefficient (Wildman–Crippen LogP) is 5.29. The number of nitrogens with one attached hydrogen (secondary N) is 2. The summed E-state index contributed by atoms with van der Waals surface area (Å²) in [5, 5.41) is 12.0. The number of carbonyl (C=O) groups excluding carboxylic acids is 2. The maximum atomic E-state index is 12.7. The molecule has 1 fully saturated rings. The van der Waals surface area contributed by atoms with Crippen LogP contribution in [0, 0.1) is 19.8 Å². The van der Waals surface area contributed by atoms with Crippen LogP contribution in [-0.4, -0.2) is 50.3 Å². The molecule has 1 saturated carbocycles. The third-order valence-electron chi connectivity index (χ3n) is 6.36. The second kappa shape index (κ2) is 10.2. The highest BCUT2D eigenvalue weighted by molar-refractivity contribution is 7.17. The molecule has 1 aliphatic carbocycles. The summed E-state index contributed by atoms with van der Waals surface area (Å²) in [4.78, 5) is 37.6. The van der Waals surface area contributed by atoms with Crippen molar-refractivity contribution in [3.63, 3.8) is 0 Å². The highest BCUT2D eigenvalue weighted by Gasteiger charge is 2.40. The molecule has 10 nitrogen and oxygen atoms in total. The second-order valence-electron chi connectivity index (χ2n) is 9.25. The average molecular weight is 561 g/mol. The van der Waals surface area contributed by atoms with E-state index in [1.54, 1.807) is 13.1 Å². The summed E-state index contributed by atoms with van der Waals surface area (Å²) >= 11 is 0.779. The molecular formula is C25H23F3N6O4S. The number of ether oxygens (including phenoxy) is 1. The molecule has 0 radical (unpaired) electrons. The predicted molar refractivity (Wildman–Crippen MR) is 136 cm³/mol. The van der Waals surface area contributed by atoms with Crippen molar-refractivity contribution in [2.75, 3.05) is 10.6 Å². The Bertz CT molecular complexity index is 1550. The van der Waals surface area contributed by atoms with Crippen LogP contribution in [-0.2, 0) is 9.53 Å². The van der Waals surface area contributed by atoms with Gasteiger partial charge in [-0.1, -0.05) is 28.6 Å². The number of aromatic nitrogens is 4. The van der Waals surface area contributed by atoms with Crippen molar-refractivity contribution in [3.05, 3.63) is 46.9 Å². The quantitative estimate of drug-likeness (QED) is 0.289. The Hall–Kier alpha value is -4.07. The number of fused-ring (bicyclic) bond motifs is 1. The van der Waals surface area contributed by atoms with Crippen LogP contribution in [0.15, 0.2) is 35.0 Å². The third-order valence-corrected chi connectivity index (χ3v) is 7.41. The number of alkyl halides is 3. The molecule has 0 spiro atoms. The Morgan fingerprint density at radius 1 is 1.18 bits per heavy atom. The van der Waals surface area contributed by atoms with Gasteiger partial charge >= 0.3 is 12.1 Å². The monoisotopic (exact) mass is 560 g/mol. The number of hydrogen-bond donors (Lipinski definition) is 2. The zero-order chi connectivity index (χ0) is 27.9. The maximum absolute atomic E-state index is 12.7. The number of esters is 1. The van der Waals surface area contributed by atoms with E-state index < -0.39 is 18.2 Å². The molecule has 1 atom stereocenters. The summed E-state index contributed by atoms with van der Waals surface area (Å²) in [7, 11) is 0. The van der Waals surface area contributed by atoms with Crippen molar-refractivity contribution in [2.24, 2.45) is 5.92 Å². The number of pyridine rings is 1. The van der Waals surface area contributed by atoms with Gasteiger partial charge in [-0.05, 0) is 44.2 Å². The summed E-state index contributed by atoms with van der Waals surface area (Å²) in [6.45, 7) is 3.93. The number of nitrogens with zero attached hydrogens (tertiary/aromatic N) is 4. The molecule has 3 aromatic heterocycles. The minimum atomic E-state index is -4.67. The Morgan fingerprint density at radius 3 is 2.64 bits per heavy atom. The number of rotatable bonds is 7. The van der Waals surface area contributed by atoms with Gasteiger partial charge in [-0.15, -0.1) is 0 Å². The van der Waals surface area contributed by atoms with Crippen molar-refractivity contribution >= 4 is 44.9 Å². The smallest absolute Gasteiger partial charge is 0.425 e. The molecular weight excluding hydrogens is 537 g/mol. The molecule has 3 heterocycles. The largest absolute Gasteiger partial charge is 0.449 e. The van der Waals surface area contributed by atoms with Crippen LogP contribution in [0.3, 0.4) is 0 Å². The molecule has 0 aliphatic heterocycles. The van der Waals surface area contributed by atoms with Gasteiger partial charge in [-0.25, -0.2) is 14.8 Å². The van der Waals surface area contributed by atoms with Crippen LogP contribution >= 0.6 is 11.3 Å². The summed E-state index contributed by atoms with van der Waals surface area (Å²) in [5.41, 5.74) is 0.969. The normalized spacial score (nSPS) is 17.9. The van der Waals surface area contributed by atoms with E-state index in [1.807, 2.05) is 24.3 Å². The first-order valence-electron chi connectivity index (χ1n) is 12.0. The van der Waals surface area contributed by atoms with Crippen molar-refractivity contribution < 1.29 is 32.0 Å². The van der Waals surface area contributed by atoms with Crippen molar-refractivity contribution in [2.45, 2.75) is 51.9 Å². The van der Waals surface area contributed by atoms with Gasteiger partial charge in [0.25, 0.3) is 0 Å². The van der Waals surface area contributed by atoms with Crippen LogP contribution in [0.4, 0.5) is 24.1 Å². The van der Waals surface area contributed by atoms with E-state index in [9.17, 15) is 22.8 Å². The van der Waals surface area contributed by atoms with E-state index >= 15 is 0 Å². The molecule has 5 rings (SSSR count). The molecule has 1 aliphatic rings. The number of carbonyl (C=O) groups is 2. The molecule has 2 N–H and O–H groups in total. The van der Waals surface area contributed by atoms with Gasteiger partial charge in [-0.3, -0.25) is 4.79 Å². The number of amides is 1. The number of thiazole rings is 1. The van der Waals surface area contributed by atoms with Crippen LogP contribution in [0.1, 0.15) is 41.0 Å². The fraction of sp³-hybridized carbons (Fsp3) is 0.360. The molecule has 14 heteroatoms. The molecule has 0 bridgehead atoms. The standard InChI is InChI=1S/C25H23F3N6O4S/c1-11-19(23(36)37-12(2)25(26,27)28)39-24(30-11)33-22(35)16-8-17(9-16)32-21-18-10-15(20-31-13(3)38-34-20)5-4-14(18)6-7-29-21/h4-7,10,12,16-17H,8-9H2,1-3H3,(H,29,32)(H,30,33,35)/t12-,16-,17+/m1/s1. The Morgan fingerprint density at radius 2 is 1.95 bits per heavy atom.